The van der Waals surface area contributed by atoms with Crippen LogP contribution in [0.2, 0.25) is 0 Å². The zero-order valence-electron chi connectivity index (χ0n) is 18.9. The molecule has 0 saturated heterocycles. The Morgan fingerprint density at radius 3 is 2.15 bits per heavy atom. The predicted octanol–water partition coefficient (Wildman–Crippen LogP) is 5.62. The van der Waals surface area contributed by atoms with Gasteiger partial charge >= 0.3 is 5.97 Å². The van der Waals surface area contributed by atoms with Gasteiger partial charge in [-0.15, -0.1) is 0 Å². The van der Waals surface area contributed by atoms with E-state index in [9.17, 15) is 14.4 Å². The molecule has 0 fully saturated rings. The summed E-state index contributed by atoms with van der Waals surface area (Å²) in [4.78, 5) is 39.3. The summed E-state index contributed by atoms with van der Waals surface area (Å²) in [6, 6.07) is 20.8. The second kappa shape index (κ2) is 10.1. The molecule has 0 radical (unpaired) electrons. The number of esters is 1. The molecule has 0 N–H and O–H groups in total. The minimum atomic E-state index is -0.601. The molecule has 170 valence electrons. The second-order valence-electron chi connectivity index (χ2n) is 8.19. The van der Waals surface area contributed by atoms with Crippen LogP contribution in [0.1, 0.15) is 69.2 Å². The van der Waals surface area contributed by atoms with Crippen molar-refractivity contribution < 1.29 is 19.1 Å². The molecule has 3 aromatic carbocycles. The van der Waals surface area contributed by atoms with E-state index in [1.165, 1.54) is 23.1 Å². The molecule has 6 nitrogen and oxygen atoms in total. The Bertz CT molecular complexity index is 1270. The second-order valence-corrected chi connectivity index (χ2v) is 8.19. The first-order valence-corrected chi connectivity index (χ1v) is 11.3. The van der Waals surface area contributed by atoms with Gasteiger partial charge in [0.05, 0.1) is 28.3 Å². The molecule has 34 heavy (non-hydrogen) atoms. The third-order valence-corrected chi connectivity index (χ3v) is 5.85. The lowest BCUT2D eigenvalue weighted by Crippen LogP contribution is -2.30. The van der Waals surface area contributed by atoms with Crippen LogP contribution in [-0.4, -0.2) is 29.2 Å². The molecular formula is C28H24N2O4. The number of hydrogen-bond donors (Lipinski definition) is 0. The molecule has 0 bridgehead atoms. The fraction of sp³-hybridized carbons (Fsp3) is 0.214. The number of nitrogens with zero attached hydrogens (tertiary/aromatic N) is 2. The number of unbranched alkanes of at least 4 members (excludes halogenated alkanes) is 3. The number of fused-ring (bicyclic) bond motifs is 1. The molecule has 0 unspecified atom stereocenters. The van der Waals surface area contributed by atoms with Crippen molar-refractivity contribution in [2.45, 2.75) is 32.6 Å². The lowest BCUT2D eigenvalue weighted by Gasteiger charge is -2.13. The fourth-order valence-electron chi connectivity index (χ4n) is 3.94. The topological polar surface area (TPSA) is 87.5 Å². The van der Waals surface area contributed by atoms with E-state index in [1.807, 2.05) is 24.3 Å². The Morgan fingerprint density at radius 2 is 1.50 bits per heavy atom. The maximum absolute atomic E-state index is 12.8. The molecule has 0 atom stereocenters. The van der Waals surface area contributed by atoms with E-state index in [2.05, 4.69) is 13.0 Å². The van der Waals surface area contributed by atoms with Crippen molar-refractivity contribution in [3.8, 4) is 22.9 Å². The predicted molar refractivity (Wildman–Crippen MR) is 128 cm³/mol. The number of ether oxygens (including phenoxy) is 1. The third-order valence-electron chi connectivity index (χ3n) is 5.85. The number of nitriles is 1. The van der Waals surface area contributed by atoms with E-state index in [0.717, 1.165) is 36.8 Å². The Morgan fingerprint density at radius 1 is 0.853 bits per heavy atom. The van der Waals surface area contributed by atoms with Crippen LogP contribution in [0.3, 0.4) is 0 Å². The zero-order chi connectivity index (χ0) is 24.1. The average molecular weight is 453 g/mol. The highest BCUT2D eigenvalue weighted by Gasteiger charge is 2.35. The third kappa shape index (κ3) is 4.74. The van der Waals surface area contributed by atoms with Gasteiger partial charge in [-0.3, -0.25) is 14.5 Å². The smallest absolute Gasteiger partial charge is 0.343 e. The van der Waals surface area contributed by atoms with Crippen molar-refractivity contribution >= 4 is 17.8 Å². The Labute approximate surface area is 198 Å². The van der Waals surface area contributed by atoms with Crippen LogP contribution in [-0.2, 0) is 0 Å². The van der Waals surface area contributed by atoms with Gasteiger partial charge in [-0.25, -0.2) is 4.79 Å². The molecule has 6 heteroatoms. The molecule has 1 aliphatic heterocycles. The molecule has 0 aliphatic carbocycles. The van der Waals surface area contributed by atoms with E-state index in [4.69, 9.17) is 10.00 Å². The fourth-order valence-corrected chi connectivity index (χ4v) is 3.94. The van der Waals surface area contributed by atoms with E-state index in [1.54, 1.807) is 24.3 Å². The lowest BCUT2D eigenvalue weighted by molar-refractivity contribution is 0.0650. The maximum atomic E-state index is 12.8. The standard InChI is InChI=1S/C28H24N2O4/c1-2-3-4-5-16-30-26(31)24-15-12-22(17-25(24)27(30)32)28(33)34-23-13-10-21(11-14-23)20-8-6-19(18-29)7-9-20/h6-15,17H,2-5,16H2,1H3. The van der Waals surface area contributed by atoms with E-state index in [-0.39, 0.29) is 22.9 Å². The minimum absolute atomic E-state index is 0.212. The van der Waals surface area contributed by atoms with Crippen LogP contribution in [0.25, 0.3) is 11.1 Å². The Kier molecular flexibility index (Phi) is 6.84. The van der Waals surface area contributed by atoms with Crippen LogP contribution < -0.4 is 4.74 Å². The molecule has 1 aliphatic rings. The largest absolute Gasteiger partial charge is 0.423 e. The van der Waals surface area contributed by atoms with E-state index >= 15 is 0 Å². The summed E-state index contributed by atoms with van der Waals surface area (Å²) < 4.78 is 5.48. The first kappa shape index (κ1) is 22.9. The summed E-state index contributed by atoms with van der Waals surface area (Å²) in [6.07, 6.45) is 3.87. The Balaban J connectivity index is 1.43. The van der Waals surface area contributed by atoms with E-state index in [0.29, 0.717) is 23.4 Å². The number of imide groups is 1. The highest BCUT2D eigenvalue weighted by molar-refractivity contribution is 6.22. The van der Waals surface area contributed by atoms with Crippen LogP contribution >= 0.6 is 0 Å². The van der Waals surface area contributed by atoms with Crippen molar-refractivity contribution in [3.63, 3.8) is 0 Å². The highest BCUT2D eigenvalue weighted by Crippen LogP contribution is 2.26. The van der Waals surface area contributed by atoms with Crippen LogP contribution in [0, 0.1) is 11.3 Å². The quantitative estimate of drug-likeness (QED) is 0.192. The summed E-state index contributed by atoms with van der Waals surface area (Å²) >= 11 is 0. The van der Waals surface area contributed by atoms with Gasteiger partial charge in [-0.2, -0.15) is 5.26 Å². The van der Waals surface area contributed by atoms with Crippen molar-refractivity contribution in [1.29, 1.82) is 5.26 Å². The van der Waals surface area contributed by atoms with Gasteiger partial charge in [-0.1, -0.05) is 50.5 Å². The van der Waals surface area contributed by atoms with Gasteiger partial charge in [0.1, 0.15) is 5.75 Å². The number of carbonyl (C=O) groups is 3. The Hall–Kier alpha value is -4.24. The number of rotatable bonds is 8. The van der Waals surface area contributed by atoms with Gasteiger partial charge in [0.2, 0.25) is 0 Å². The summed E-state index contributed by atoms with van der Waals surface area (Å²) in [5.41, 5.74) is 3.23. The normalized spacial score (nSPS) is 12.4. The molecule has 3 aromatic rings. The zero-order valence-corrected chi connectivity index (χ0v) is 18.9. The number of amides is 2. The van der Waals surface area contributed by atoms with Crippen molar-refractivity contribution in [3.05, 3.63) is 89.0 Å². The van der Waals surface area contributed by atoms with Gasteiger partial charge in [0.15, 0.2) is 0 Å². The van der Waals surface area contributed by atoms with Crippen molar-refractivity contribution in [2.24, 2.45) is 0 Å². The van der Waals surface area contributed by atoms with Crippen molar-refractivity contribution in [2.75, 3.05) is 6.54 Å². The molecule has 0 aromatic heterocycles. The van der Waals surface area contributed by atoms with Crippen molar-refractivity contribution in [1.82, 2.24) is 4.90 Å². The van der Waals surface area contributed by atoms with E-state index < -0.39 is 5.97 Å². The SMILES string of the molecule is CCCCCCN1C(=O)c2ccc(C(=O)Oc3ccc(-c4ccc(C#N)cc4)cc3)cc2C1=O. The number of hydrogen-bond acceptors (Lipinski definition) is 5. The highest BCUT2D eigenvalue weighted by atomic mass is 16.5. The molecule has 1 heterocycles. The number of carbonyl (C=O) groups excluding carboxylic acids is 3. The maximum Gasteiger partial charge on any atom is 0.343 e. The first-order chi connectivity index (χ1) is 16.5. The van der Waals surface area contributed by atoms with Gasteiger partial charge in [0.25, 0.3) is 11.8 Å². The monoisotopic (exact) mass is 452 g/mol. The molecular weight excluding hydrogens is 428 g/mol. The molecule has 0 saturated carbocycles. The minimum Gasteiger partial charge on any atom is -0.423 e. The van der Waals surface area contributed by atoms with Crippen LogP contribution in [0.5, 0.6) is 5.75 Å². The summed E-state index contributed by atoms with van der Waals surface area (Å²) in [5, 5.41) is 8.92. The summed E-state index contributed by atoms with van der Waals surface area (Å²) in [5.74, 6) is -0.911. The lowest BCUT2D eigenvalue weighted by atomic mass is 10.0. The van der Waals surface area contributed by atoms with Gasteiger partial charge < -0.3 is 4.74 Å². The van der Waals surface area contributed by atoms with Gasteiger partial charge in [0, 0.05) is 6.54 Å². The molecule has 2 amide bonds. The van der Waals surface area contributed by atoms with Crippen LogP contribution in [0.15, 0.2) is 66.7 Å². The summed E-state index contributed by atoms with van der Waals surface area (Å²) in [6.45, 7) is 2.49. The first-order valence-electron chi connectivity index (χ1n) is 11.3. The van der Waals surface area contributed by atoms with Crippen LogP contribution in [0.4, 0.5) is 0 Å². The van der Waals surface area contributed by atoms with Gasteiger partial charge in [-0.05, 0) is 60.0 Å². The average Bonchev–Trinajstić information content (AvgIpc) is 3.11. The summed E-state index contributed by atoms with van der Waals surface area (Å²) in [7, 11) is 0. The number of benzene rings is 3. The molecule has 4 rings (SSSR count). The molecule has 0 spiro atoms.